The van der Waals surface area contributed by atoms with Gasteiger partial charge in [-0.15, -0.1) is 0 Å². The molecule has 1 aromatic carbocycles. The topological polar surface area (TPSA) is 32.3 Å². The van der Waals surface area contributed by atoms with Crippen LogP contribution < -0.4 is 5.32 Å². The van der Waals surface area contributed by atoms with E-state index in [1.165, 1.54) is 0 Å². The third-order valence-electron chi connectivity index (χ3n) is 3.13. The molecule has 0 bridgehead atoms. The van der Waals surface area contributed by atoms with Crippen LogP contribution in [0.3, 0.4) is 0 Å². The van der Waals surface area contributed by atoms with Gasteiger partial charge in [0, 0.05) is 36.8 Å². The predicted molar refractivity (Wildman–Crippen MR) is 64.3 cm³/mol. The largest absolute Gasteiger partial charge is 0.333 e. The Balaban J connectivity index is 2.24. The van der Waals surface area contributed by atoms with Crippen LogP contribution in [0.15, 0.2) is 18.2 Å². The molecule has 2 atom stereocenters. The summed E-state index contributed by atoms with van der Waals surface area (Å²) in [6.07, 6.45) is 0. The van der Waals surface area contributed by atoms with Gasteiger partial charge >= 0.3 is 0 Å². The standard InChI is InChI=1S/C13H16F2N2O/c1-8-7-17(9(2)6-16-8)13(18)10-3-11(14)5-12(15)4-10/h3-5,8-9,16H,6-7H2,1-2H3. The van der Waals surface area contributed by atoms with E-state index in [0.29, 0.717) is 13.1 Å². The summed E-state index contributed by atoms with van der Waals surface area (Å²) in [5, 5.41) is 3.25. The summed E-state index contributed by atoms with van der Waals surface area (Å²) in [4.78, 5) is 13.9. The number of hydrogen-bond acceptors (Lipinski definition) is 2. The summed E-state index contributed by atoms with van der Waals surface area (Å²) < 4.78 is 26.2. The van der Waals surface area contributed by atoms with Crippen LogP contribution >= 0.6 is 0 Å². The van der Waals surface area contributed by atoms with Gasteiger partial charge in [-0.3, -0.25) is 4.79 Å². The Morgan fingerprint density at radius 2 is 1.89 bits per heavy atom. The van der Waals surface area contributed by atoms with Crippen molar-refractivity contribution in [3.8, 4) is 0 Å². The highest BCUT2D eigenvalue weighted by Gasteiger charge is 2.27. The quantitative estimate of drug-likeness (QED) is 0.828. The first kappa shape index (κ1) is 13.0. The molecule has 0 saturated carbocycles. The van der Waals surface area contributed by atoms with Crippen molar-refractivity contribution in [2.45, 2.75) is 25.9 Å². The maximum Gasteiger partial charge on any atom is 0.254 e. The molecule has 0 radical (unpaired) electrons. The van der Waals surface area contributed by atoms with Gasteiger partial charge in [-0.1, -0.05) is 0 Å². The van der Waals surface area contributed by atoms with Gasteiger partial charge in [0.05, 0.1) is 0 Å². The maximum absolute atomic E-state index is 13.1. The molecule has 98 valence electrons. The van der Waals surface area contributed by atoms with Crippen LogP contribution in [0.1, 0.15) is 24.2 Å². The first-order chi connectivity index (χ1) is 8.47. The van der Waals surface area contributed by atoms with Crippen molar-refractivity contribution in [3.05, 3.63) is 35.4 Å². The summed E-state index contributed by atoms with van der Waals surface area (Å²) in [7, 11) is 0. The fourth-order valence-electron chi connectivity index (χ4n) is 2.15. The van der Waals surface area contributed by atoms with Crippen molar-refractivity contribution >= 4 is 5.91 Å². The van der Waals surface area contributed by atoms with E-state index in [9.17, 15) is 13.6 Å². The van der Waals surface area contributed by atoms with Gasteiger partial charge in [-0.25, -0.2) is 8.78 Å². The SMILES string of the molecule is CC1CN(C(=O)c2cc(F)cc(F)c2)C(C)CN1. The monoisotopic (exact) mass is 254 g/mol. The van der Waals surface area contributed by atoms with E-state index in [2.05, 4.69) is 5.32 Å². The number of nitrogens with zero attached hydrogens (tertiary/aromatic N) is 1. The molecule has 1 heterocycles. The molecule has 1 amide bonds. The second-order valence-corrected chi connectivity index (χ2v) is 4.77. The highest BCUT2D eigenvalue weighted by Crippen LogP contribution is 2.15. The molecule has 5 heteroatoms. The van der Waals surface area contributed by atoms with Crippen molar-refractivity contribution in [1.82, 2.24) is 10.2 Å². The van der Waals surface area contributed by atoms with Crippen LogP contribution in [0.25, 0.3) is 0 Å². The Kier molecular flexibility index (Phi) is 3.61. The molecule has 0 aromatic heterocycles. The Labute approximate surface area is 105 Å². The molecule has 1 aromatic rings. The van der Waals surface area contributed by atoms with Crippen molar-refractivity contribution in [1.29, 1.82) is 0 Å². The summed E-state index contributed by atoms with van der Waals surface area (Å²) in [5.74, 6) is -1.78. The van der Waals surface area contributed by atoms with Crippen LogP contribution in [0.5, 0.6) is 0 Å². The number of nitrogens with one attached hydrogen (secondary N) is 1. The molecule has 1 aliphatic rings. The normalized spacial score (nSPS) is 24.1. The van der Waals surface area contributed by atoms with Gasteiger partial charge in [-0.2, -0.15) is 0 Å². The Bertz CT molecular complexity index is 444. The van der Waals surface area contributed by atoms with Gasteiger partial charge in [0.1, 0.15) is 11.6 Å². The average Bonchev–Trinajstić information content (AvgIpc) is 2.30. The lowest BCUT2D eigenvalue weighted by Gasteiger charge is -2.37. The van der Waals surface area contributed by atoms with E-state index < -0.39 is 11.6 Å². The van der Waals surface area contributed by atoms with Crippen LogP contribution in [0.2, 0.25) is 0 Å². The van der Waals surface area contributed by atoms with E-state index in [0.717, 1.165) is 18.2 Å². The fourth-order valence-corrected chi connectivity index (χ4v) is 2.15. The highest BCUT2D eigenvalue weighted by molar-refractivity contribution is 5.94. The second kappa shape index (κ2) is 5.02. The zero-order valence-electron chi connectivity index (χ0n) is 10.4. The lowest BCUT2D eigenvalue weighted by molar-refractivity contribution is 0.0615. The van der Waals surface area contributed by atoms with Gasteiger partial charge in [0.25, 0.3) is 5.91 Å². The number of piperazine rings is 1. The van der Waals surface area contributed by atoms with Gasteiger partial charge in [-0.05, 0) is 26.0 Å². The number of hydrogen-bond donors (Lipinski definition) is 1. The molecule has 1 aliphatic heterocycles. The summed E-state index contributed by atoms with van der Waals surface area (Å²) in [6.45, 7) is 5.10. The number of benzene rings is 1. The van der Waals surface area contributed by atoms with Crippen LogP contribution in [0.4, 0.5) is 8.78 Å². The summed E-state index contributed by atoms with van der Waals surface area (Å²) in [5.41, 5.74) is 0.0634. The minimum Gasteiger partial charge on any atom is -0.333 e. The van der Waals surface area contributed by atoms with Crippen LogP contribution in [-0.2, 0) is 0 Å². The third-order valence-corrected chi connectivity index (χ3v) is 3.13. The smallest absolute Gasteiger partial charge is 0.254 e. The van der Waals surface area contributed by atoms with Crippen molar-refractivity contribution in [2.24, 2.45) is 0 Å². The molecule has 18 heavy (non-hydrogen) atoms. The molecule has 3 nitrogen and oxygen atoms in total. The lowest BCUT2D eigenvalue weighted by Crippen LogP contribution is -2.56. The van der Waals surface area contributed by atoms with Crippen LogP contribution in [0, 0.1) is 11.6 Å². The second-order valence-electron chi connectivity index (χ2n) is 4.77. The third kappa shape index (κ3) is 2.67. The first-order valence-corrected chi connectivity index (χ1v) is 5.98. The molecule has 1 N–H and O–H groups in total. The number of amides is 1. The van der Waals surface area contributed by atoms with E-state index in [-0.39, 0.29) is 23.6 Å². The maximum atomic E-state index is 13.1. The highest BCUT2D eigenvalue weighted by atomic mass is 19.1. The number of carbonyl (C=O) groups excluding carboxylic acids is 1. The molecule has 1 fully saturated rings. The minimum absolute atomic E-state index is 0.0139. The number of rotatable bonds is 1. The Morgan fingerprint density at radius 3 is 2.50 bits per heavy atom. The Morgan fingerprint density at radius 1 is 1.28 bits per heavy atom. The average molecular weight is 254 g/mol. The molecular weight excluding hydrogens is 238 g/mol. The first-order valence-electron chi connectivity index (χ1n) is 5.98. The summed E-state index contributed by atoms with van der Waals surface area (Å²) >= 11 is 0. The molecule has 1 saturated heterocycles. The predicted octanol–water partition coefficient (Wildman–Crippen LogP) is 1.79. The molecule has 2 unspecified atom stereocenters. The fraction of sp³-hybridized carbons (Fsp3) is 0.462. The van der Waals surface area contributed by atoms with E-state index in [1.54, 1.807) is 4.90 Å². The number of halogens is 2. The zero-order chi connectivity index (χ0) is 13.3. The van der Waals surface area contributed by atoms with E-state index in [4.69, 9.17) is 0 Å². The van der Waals surface area contributed by atoms with Gasteiger partial charge in [0.15, 0.2) is 0 Å². The number of carbonyl (C=O) groups is 1. The lowest BCUT2D eigenvalue weighted by atomic mass is 10.1. The minimum atomic E-state index is -0.728. The van der Waals surface area contributed by atoms with Gasteiger partial charge < -0.3 is 10.2 Å². The zero-order valence-corrected chi connectivity index (χ0v) is 10.4. The molecule has 0 aliphatic carbocycles. The van der Waals surface area contributed by atoms with Crippen LogP contribution in [-0.4, -0.2) is 36.0 Å². The Hall–Kier alpha value is -1.49. The van der Waals surface area contributed by atoms with Crippen molar-refractivity contribution in [2.75, 3.05) is 13.1 Å². The van der Waals surface area contributed by atoms with Gasteiger partial charge in [0.2, 0.25) is 0 Å². The van der Waals surface area contributed by atoms with E-state index >= 15 is 0 Å². The van der Waals surface area contributed by atoms with E-state index in [1.807, 2.05) is 13.8 Å². The summed E-state index contributed by atoms with van der Waals surface area (Å²) in [6, 6.07) is 3.11. The van der Waals surface area contributed by atoms with Crippen molar-refractivity contribution < 1.29 is 13.6 Å². The molecular formula is C13H16F2N2O. The molecule has 0 spiro atoms. The molecule has 2 rings (SSSR count). The van der Waals surface area contributed by atoms with Crippen molar-refractivity contribution in [3.63, 3.8) is 0 Å².